The molecule has 0 aromatic rings. The number of hydrogen-bond donors (Lipinski definition) is 0. The van der Waals surface area contributed by atoms with E-state index in [1.54, 1.807) is 0 Å². The molecule has 0 saturated heterocycles. The third-order valence-electron chi connectivity index (χ3n) is 0.201. The van der Waals surface area contributed by atoms with Crippen LogP contribution < -0.4 is 0 Å². The zero-order valence-corrected chi connectivity index (χ0v) is 4.47. The van der Waals surface area contributed by atoms with Crippen molar-refractivity contribution in [3.05, 3.63) is 0 Å². The molecule has 0 unspecified atom stereocenters. The first-order valence-electron chi connectivity index (χ1n) is 1.39. The van der Waals surface area contributed by atoms with E-state index in [1.165, 1.54) is 0 Å². The molecule has 0 rings (SSSR count). The first-order chi connectivity index (χ1) is 3.41. The highest BCUT2D eigenvalue weighted by Crippen LogP contribution is 2.09. The lowest BCUT2D eigenvalue weighted by atomic mass is 11.3. The van der Waals surface area contributed by atoms with Crippen molar-refractivity contribution in [2.75, 3.05) is 0 Å². The van der Waals surface area contributed by atoms with Crippen molar-refractivity contribution >= 4 is 9.03 Å². The van der Waals surface area contributed by atoms with Crippen LogP contribution in [0, 0.1) is 25.1 Å². The molecule has 38 valence electrons. The first-order valence-corrected chi connectivity index (χ1v) is 2.21. The van der Waals surface area contributed by atoms with Gasteiger partial charge in [0.25, 0.3) is 9.03 Å². The van der Waals surface area contributed by atoms with Gasteiger partial charge in [-0.15, -0.1) is 0 Å². The van der Waals surface area contributed by atoms with Crippen LogP contribution in [0.15, 0.2) is 0 Å². The van der Waals surface area contributed by atoms with E-state index in [4.69, 9.17) is 0 Å². The molecular formula is C4H5O2P. The Hall–Kier alpha value is -0.850. The third-order valence-corrected chi connectivity index (χ3v) is 0.604. The maximum absolute atomic E-state index is 4.66. The van der Waals surface area contributed by atoms with Gasteiger partial charge in [-0.3, -0.25) is 0 Å². The Morgan fingerprint density at radius 3 is 2.00 bits per heavy atom. The molecule has 0 aromatic heterocycles. The highest BCUT2D eigenvalue weighted by molar-refractivity contribution is 7.26. The van der Waals surface area contributed by atoms with Gasteiger partial charge < -0.3 is 9.05 Å². The quantitative estimate of drug-likeness (QED) is 0.304. The summed E-state index contributed by atoms with van der Waals surface area (Å²) in [6, 6.07) is 0. The Labute approximate surface area is 45.6 Å². The summed E-state index contributed by atoms with van der Waals surface area (Å²) in [7, 11) is -0.240. The minimum atomic E-state index is -0.240. The monoisotopic (exact) mass is 116 g/mol. The summed E-state index contributed by atoms with van der Waals surface area (Å²) in [4.78, 5) is 0. The SMILES string of the molecule is C#COPOC#C.[HH]. The largest absolute Gasteiger partial charge is 0.388 e. The van der Waals surface area contributed by atoms with Gasteiger partial charge in [0.2, 0.25) is 0 Å². The van der Waals surface area contributed by atoms with E-state index in [2.05, 4.69) is 21.9 Å². The zero-order chi connectivity index (χ0) is 5.54. The van der Waals surface area contributed by atoms with Crippen molar-refractivity contribution < 1.29 is 10.5 Å². The second-order valence-electron chi connectivity index (χ2n) is 0.523. The second kappa shape index (κ2) is 5.15. The summed E-state index contributed by atoms with van der Waals surface area (Å²) >= 11 is 0. The fourth-order valence-corrected chi connectivity index (χ4v) is 0.207. The minimum absolute atomic E-state index is 0. The summed E-state index contributed by atoms with van der Waals surface area (Å²) in [6.45, 7) is 0. The van der Waals surface area contributed by atoms with Crippen LogP contribution in [0.5, 0.6) is 0 Å². The van der Waals surface area contributed by atoms with E-state index in [0.29, 0.717) is 0 Å². The van der Waals surface area contributed by atoms with Gasteiger partial charge in [0.1, 0.15) is 12.2 Å². The molecule has 0 spiro atoms. The highest BCUT2D eigenvalue weighted by atomic mass is 31.1. The van der Waals surface area contributed by atoms with Gasteiger partial charge in [-0.2, -0.15) is 0 Å². The van der Waals surface area contributed by atoms with Crippen molar-refractivity contribution in [1.82, 2.24) is 0 Å². The van der Waals surface area contributed by atoms with Gasteiger partial charge in [0.15, 0.2) is 0 Å². The van der Waals surface area contributed by atoms with E-state index in [9.17, 15) is 0 Å². The summed E-state index contributed by atoms with van der Waals surface area (Å²) in [5, 5.41) is 0. The standard InChI is InChI=1S/C4H3O2P.H2/c1-3-5-7-6-4-2;/h1-2,7H;1H. The summed E-state index contributed by atoms with van der Waals surface area (Å²) < 4.78 is 8.53. The van der Waals surface area contributed by atoms with Crippen LogP contribution in [0.4, 0.5) is 0 Å². The molecule has 0 aromatic carbocycles. The average molecular weight is 116 g/mol. The van der Waals surface area contributed by atoms with E-state index in [1.807, 2.05) is 12.2 Å². The van der Waals surface area contributed by atoms with E-state index < -0.39 is 0 Å². The summed E-state index contributed by atoms with van der Waals surface area (Å²) in [6.07, 6.45) is 13.1. The molecule has 0 aliphatic heterocycles. The zero-order valence-electron chi connectivity index (χ0n) is 3.47. The smallest absolute Gasteiger partial charge is 0.295 e. The molecular weight excluding hydrogens is 111 g/mol. The first kappa shape index (κ1) is 6.15. The molecule has 0 fully saturated rings. The molecule has 0 saturated carbocycles. The fraction of sp³-hybridized carbons (Fsp3) is 0. The molecule has 0 N–H and O–H groups in total. The summed E-state index contributed by atoms with van der Waals surface area (Å²) in [5.74, 6) is 0. The van der Waals surface area contributed by atoms with Crippen molar-refractivity contribution in [1.29, 1.82) is 0 Å². The highest BCUT2D eigenvalue weighted by Gasteiger charge is 1.72. The predicted octanol–water partition coefficient (Wildman–Crippen LogP) is 0.956. The summed E-state index contributed by atoms with van der Waals surface area (Å²) in [5.41, 5.74) is 0. The molecule has 0 aliphatic rings. The molecule has 0 bridgehead atoms. The number of terminal acetylenes is 2. The number of hydrogen-bond acceptors (Lipinski definition) is 2. The Balaban J connectivity index is 0. The lowest BCUT2D eigenvalue weighted by Crippen LogP contribution is -1.60. The Bertz CT molecular complexity index is 98.2. The van der Waals surface area contributed by atoms with Gasteiger partial charge in [-0.05, 0) is 0 Å². The minimum Gasteiger partial charge on any atom is -0.388 e. The van der Waals surface area contributed by atoms with Crippen molar-refractivity contribution in [2.24, 2.45) is 0 Å². The van der Waals surface area contributed by atoms with Gasteiger partial charge >= 0.3 is 0 Å². The van der Waals surface area contributed by atoms with Crippen LogP contribution in [0.2, 0.25) is 0 Å². The van der Waals surface area contributed by atoms with Crippen LogP contribution >= 0.6 is 9.03 Å². The molecule has 0 atom stereocenters. The maximum Gasteiger partial charge on any atom is 0.295 e. The molecule has 0 aliphatic carbocycles. The molecule has 7 heavy (non-hydrogen) atoms. The van der Waals surface area contributed by atoms with Crippen LogP contribution in [-0.4, -0.2) is 0 Å². The van der Waals surface area contributed by atoms with Gasteiger partial charge in [0.05, 0.1) is 0 Å². The second-order valence-corrected chi connectivity index (χ2v) is 1.10. The predicted molar refractivity (Wildman–Crippen MR) is 30.3 cm³/mol. The molecule has 0 radical (unpaired) electrons. The van der Waals surface area contributed by atoms with Gasteiger partial charge in [-0.25, -0.2) is 0 Å². The van der Waals surface area contributed by atoms with E-state index in [-0.39, 0.29) is 10.5 Å². The molecule has 2 nitrogen and oxygen atoms in total. The van der Waals surface area contributed by atoms with Crippen molar-refractivity contribution in [3.8, 4) is 25.1 Å². The lowest BCUT2D eigenvalue weighted by molar-refractivity contribution is 0.474. The van der Waals surface area contributed by atoms with Crippen LogP contribution in [0.1, 0.15) is 1.43 Å². The average Bonchev–Trinajstić information content (AvgIpc) is 1.69. The molecule has 0 heterocycles. The van der Waals surface area contributed by atoms with E-state index in [0.717, 1.165) is 0 Å². The maximum atomic E-state index is 4.66. The van der Waals surface area contributed by atoms with Crippen LogP contribution in [0.3, 0.4) is 0 Å². The fourth-order valence-electron chi connectivity index (χ4n) is 0.0689. The molecule has 3 heteroatoms. The number of rotatable bonds is 2. The van der Waals surface area contributed by atoms with E-state index >= 15 is 0 Å². The lowest BCUT2D eigenvalue weighted by Gasteiger charge is -1.87. The van der Waals surface area contributed by atoms with Crippen molar-refractivity contribution in [2.45, 2.75) is 0 Å². The topological polar surface area (TPSA) is 18.5 Å². The Morgan fingerprint density at radius 2 is 1.71 bits per heavy atom. The van der Waals surface area contributed by atoms with Crippen molar-refractivity contribution in [3.63, 3.8) is 0 Å². The van der Waals surface area contributed by atoms with Crippen LogP contribution in [0.25, 0.3) is 0 Å². The third kappa shape index (κ3) is 5.15. The Morgan fingerprint density at radius 1 is 1.29 bits per heavy atom. The van der Waals surface area contributed by atoms with Crippen LogP contribution in [-0.2, 0) is 9.05 Å². The normalized spacial score (nSPS) is 5.43. The van der Waals surface area contributed by atoms with Gasteiger partial charge in [-0.1, -0.05) is 12.8 Å². The van der Waals surface area contributed by atoms with Gasteiger partial charge in [0, 0.05) is 1.43 Å². The Kier molecular flexibility index (Phi) is 4.52. The molecule has 0 amide bonds.